The van der Waals surface area contributed by atoms with E-state index in [0.717, 1.165) is 28.1 Å². The molecule has 0 amide bonds. The zero-order valence-corrected chi connectivity index (χ0v) is 24.2. The third-order valence-electron chi connectivity index (χ3n) is 7.98. The average Bonchev–Trinajstić information content (AvgIpc) is 3.04. The Kier molecular flexibility index (Phi) is 7.51. The SMILES string of the molecule is C=C/C(=C\C=N)C(=N)/C=C\C(=C)c1ccc2ccc(-c3c4ccccc4c(-c4cccc(C)c4)c4ccccc34)cc2c1. The molecule has 43 heavy (non-hydrogen) atoms. The number of allylic oxidation sites excluding steroid dienone is 6. The van der Waals surface area contributed by atoms with Crippen LogP contribution in [0.15, 0.2) is 152 Å². The Balaban J connectivity index is 1.50. The van der Waals surface area contributed by atoms with Crippen molar-refractivity contribution in [2.45, 2.75) is 6.92 Å². The molecule has 0 fully saturated rings. The van der Waals surface area contributed by atoms with Gasteiger partial charge in [-0.3, -0.25) is 0 Å². The van der Waals surface area contributed by atoms with Gasteiger partial charge in [0.15, 0.2) is 0 Å². The molecule has 6 rings (SSSR count). The van der Waals surface area contributed by atoms with Gasteiger partial charge >= 0.3 is 0 Å². The third kappa shape index (κ3) is 5.27. The highest BCUT2D eigenvalue weighted by Gasteiger charge is 2.16. The molecule has 0 unspecified atom stereocenters. The summed E-state index contributed by atoms with van der Waals surface area (Å²) in [4.78, 5) is 0. The van der Waals surface area contributed by atoms with Crippen molar-refractivity contribution in [3.8, 4) is 22.3 Å². The largest absolute Gasteiger partial charge is 0.309 e. The predicted molar refractivity (Wildman–Crippen MR) is 188 cm³/mol. The molecule has 0 aromatic heterocycles. The fraction of sp³-hybridized carbons (Fsp3) is 0.0244. The lowest BCUT2D eigenvalue weighted by molar-refractivity contribution is 1.47. The van der Waals surface area contributed by atoms with Gasteiger partial charge in [0, 0.05) is 11.8 Å². The second-order valence-corrected chi connectivity index (χ2v) is 10.8. The van der Waals surface area contributed by atoms with Gasteiger partial charge in [0.1, 0.15) is 0 Å². The molecule has 2 nitrogen and oxygen atoms in total. The van der Waals surface area contributed by atoms with Crippen molar-refractivity contribution in [1.29, 1.82) is 10.8 Å². The van der Waals surface area contributed by atoms with E-state index in [1.807, 2.05) is 6.08 Å². The van der Waals surface area contributed by atoms with Gasteiger partial charge in [-0.15, -0.1) is 0 Å². The number of benzene rings is 6. The number of aryl methyl sites for hydroxylation is 1. The quantitative estimate of drug-likeness (QED) is 0.107. The summed E-state index contributed by atoms with van der Waals surface area (Å²) < 4.78 is 0. The summed E-state index contributed by atoms with van der Waals surface area (Å²) in [7, 11) is 0. The molecule has 0 aliphatic heterocycles. The van der Waals surface area contributed by atoms with Crippen LogP contribution in [0.4, 0.5) is 0 Å². The van der Waals surface area contributed by atoms with Crippen molar-refractivity contribution < 1.29 is 0 Å². The second kappa shape index (κ2) is 11.7. The molecule has 6 aromatic carbocycles. The van der Waals surface area contributed by atoms with Crippen LogP contribution in [0.3, 0.4) is 0 Å². The van der Waals surface area contributed by atoms with Crippen LogP contribution >= 0.6 is 0 Å². The van der Waals surface area contributed by atoms with Crippen molar-refractivity contribution >= 4 is 49.8 Å². The lowest BCUT2D eigenvalue weighted by Crippen LogP contribution is -1.94. The molecule has 2 heteroatoms. The van der Waals surface area contributed by atoms with Crippen LogP contribution in [-0.4, -0.2) is 11.9 Å². The summed E-state index contributed by atoms with van der Waals surface area (Å²) in [6, 6.07) is 39.3. The minimum absolute atomic E-state index is 0.288. The average molecular weight is 553 g/mol. The Bertz CT molecular complexity index is 2100. The lowest BCUT2D eigenvalue weighted by atomic mass is 9.85. The Labute approximate surface area is 252 Å². The van der Waals surface area contributed by atoms with Gasteiger partial charge in [0.05, 0.1) is 5.71 Å². The van der Waals surface area contributed by atoms with Gasteiger partial charge in [0.2, 0.25) is 0 Å². The van der Waals surface area contributed by atoms with Crippen LogP contribution in [0.1, 0.15) is 11.1 Å². The third-order valence-corrected chi connectivity index (χ3v) is 7.98. The monoisotopic (exact) mass is 552 g/mol. The molecule has 0 bridgehead atoms. The van der Waals surface area contributed by atoms with Crippen molar-refractivity contribution in [3.05, 3.63) is 163 Å². The summed E-state index contributed by atoms with van der Waals surface area (Å²) in [6.45, 7) is 10.2. The molecule has 0 heterocycles. The number of hydrogen-bond donors (Lipinski definition) is 2. The molecule has 0 saturated carbocycles. The maximum Gasteiger partial charge on any atom is 0.0612 e. The van der Waals surface area contributed by atoms with Gasteiger partial charge in [-0.2, -0.15) is 0 Å². The molecule has 0 atom stereocenters. The fourth-order valence-corrected chi connectivity index (χ4v) is 5.89. The molecule has 0 spiro atoms. The molecule has 0 saturated heterocycles. The molecule has 0 aliphatic rings. The number of hydrogen-bond acceptors (Lipinski definition) is 2. The van der Waals surface area contributed by atoms with E-state index in [-0.39, 0.29) is 5.71 Å². The van der Waals surface area contributed by atoms with Gasteiger partial charge in [-0.25, -0.2) is 0 Å². The standard InChI is InChI=1S/C41H32N2/c1-4-29(22-23-42)39(43)21-16-28(3)31-19-17-30-18-20-33(26-34(30)25-31)41-37-14-7-5-12-35(37)40(32-11-9-10-27(2)24-32)36-13-6-8-15-38(36)41/h4-26,42-43H,1,3H2,2H3/b21-16-,29-22+,42-23?,43-39?. The minimum atomic E-state index is 0.288. The first-order valence-electron chi connectivity index (χ1n) is 14.3. The molecular weight excluding hydrogens is 520 g/mol. The van der Waals surface area contributed by atoms with Crippen LogP contribution in [0.2, 0.25) is 0 Å². The zero-order chi connectivity index (χ0) is 29.9. The Morgan fingerprint density at radius 3 is 1.84 bits per heavy atom. The predicted octanol–water partition coefficient (Wildman–Crippen LogP) is 11.1. The van der Waals surface area contributed by atoms with Crippen molar-refractivity contribution in [1.82, 2.24) is 0 Å². The number of rotatable bonds is 8. The summed E-state index contributed by atoms with van der Waals surface area (Å²) in [5.41, 5.74) is 8.84. The number of nitrogens with one attached hydrogen (secondary N) is 2. The van der Waals surface area contributed by atoms with Gasteiger partial charge in [0.25, 0.3) is 0 Å². The van der Waals surface area contributed by atoms with Crippen molar-refractivity contribution in [2.75, 3.05) is 0 Å². The molecule has 206 valence electrons. The Morgan fingerprint density at radius 1 is 0.651 bits per heavy atom. The maximum atomic E-state index is 8.30. The second-order valence-electron chi connectivity index (χ2n) is 10.8. The smallest absolute Gasteiger partial charge is 0.0612 e. The highest BCUT2D eigenvalue weighted by atomic mass is 14.4. The summed E-state index contributed by atoms with van der Waals surface area (Å²) in [5.74, 6) is 0. The van der Waals surface area contributed by atoms with E-state index in [2.05, 4.69) is 129 Å². The van der Waals surface area contributed by atoms with Crippen molar-refractivity contribution in [3.63, 3.8) is 0 Å². The molecule has 0 aliphatic carbocycles. The topological polar surface area (TPSA) is 47.7 Å². The number of fused-ring (bicyclic) bond motifs is 3. The van der Waals surface area contributed by atoms with E-state index in [1.165, 1.54) is 49.4 Å². The maximum absolute atomic E-state index is 8.30. The lowest BCUT2D eigenvalue weighted by Gasteiger charge is -2.18. The van der Waals surface area contributed by atoms with E-state index >= 15 is 0 Å². The first-order chi connectivity index (χ1) is 21.0. The summed E-state index contributed by atoms with van der Waals surface area (Å²) in [6.07, 6.45) is 7.85. The summed E-state index contributed by atoms with van der Waals surface area (Å²) >= 11 is 0. The van der Waals surface area contributed by atoms with Gasteiger partial charge < -0.3 is 10.8 Å². The highest BCUT2D eigenvalue weighted by molar-refractivity contribution is 6.21. The normalized spacial score (nSPS) is 11.8. The Hall–Kier alpha value is -5.60. The van der Waals surface area contributed by atoms with Crippen LogP contribution < -0.4 is 0 Å². The van der Waals surface area contributed by atoms with Gasteiger partial charge in [-0.1, -0.05) is 128 Å². The zero-order valence-electron chi connectivity index (χ0n) is 24.2. The first-order valence-corrected chi connectivity index (χ1v) is 14.3. The van der Waals surface area contributed by atoms with E-state index in [0.29, 0.717) is 5.57 Å². The minimum Gasteiger partial charge on any atom is -0.309 e. The first kappa shape index (κ1) is 27.6. The Morgan fingerprint density at radius 2 is 1.26 bits per heavy atom. The highest BCUT2D eigenvalue weighted by Crippen LogP contribution is 2.44. The van der Waals surface area contributed by atoms with E-state index in [1.54, 1.807) is 18.2 Å². The van der Waals surface area contributed by atoms with Crippen LogP contribution in [0.5, 0.6) is 0 Å². The molecular formula is C41H32N2. The molecule has 2 N–H and O–H groups in total. The van der Waals surface area contributed by atoms with Crippen LogP contribution in [0, 0.1) is 17.7 Å². The van der Waals surface area contributed by atoms with Gasteiger partial charge in [-0.05, 0) is 96.9 Å². The molecule has 0 radical (unpaired) electrons. The summed E-state index contributed by atoms with van der Waals surface area (Å²) in [5, 5.41) is 22.8. The fourth-order valence-electron chi connectivity index (χ4n) is 5.89. The molecule has 6 aromatic rings. The van der Waals surface area contributed by atoms with E-state index in [4.69, 9.17) is 10.8 Å². The van der Waals surface area contributed by atoms with E-state index < -0.39 is 0 Å². The van der Waals surface area contributed by atoms with Crippen LogP contribution in [-0.2, 0) is 0 Å². The van der Waals surface area contributed by atoms with Crippen molar-refractivity contribution in [2.24, 2.45) is 0 Å². The van der Waals surface area contributed by atoms with Crippen LogP contribution in [0.25, 0.3) is 60.1 Å². The van der Waals surface area contributed by atoms with E-state index in [9.17, 15) is 0 Å².